The van der Waals surface area contributed by atoms with Crippen molar-refractivity contribution in [2.45, 2.75) is 13.0 Å². The van der Waals surface area contributed by atoms with Crippen LogP contribution in [0.2, 0.25) is 0 Å². The summed E-state index contributed by atoms with van der Waals surface area (Å²) in [6.07, 6.45) is -0.0106. The molecule has 0 fully saturated rings. The van der Waals surface area contributed by atoms with E-state index in [0.717, 1.165) is 5.56 Å². The molecule has 1 rings (SSSR count). The molecule has 0 bridgehead atoms. The van der Waals surface area contributed by atoms with Crippen LogP contribution >= 0.6 is 0 Å². The minimum absolute atomic E-state index is 0.0962. The molecule has 0 unspecified atom stereocenters. The van der Waals surface area contributed by atoms with Gasteiger partial charge in [-0.15, -0.1) is 0 Å². The molecule has 1 aromatic carbocycles. The number of carbonyl (C=O) groups is 3. The molecule has 17 heavy (non-hydrogen) atoms. The van der Waals surface area contributed by atoms with E-state index in [1.165, 1.54) is 4.90 Å². The average Bonchev–Trinajstić information content (AvgIpc) is 2.29. The molecule has 0 atom stereocenters. The molecule has 0 saturated heterocycles. The maximum absolute atomic E-state index is 11.5. The number of rotatable bonds is 6. The number of carbonyl (C=O) groups excluding carboxylic acids is 2. The number of hydrogen-bond acceptors (Lipinski definition) is 3. The van der Waals surface area contributed by atoms with E-state index < -0.39 is 18.3 Å². The monoisotopic (exact) mass is 235 g/mol. The SMILES string of the molecule is O=CCN(Cc1ccccc1)C(=O)CC(=O)O. The lowest BCUT2D eigenvalue weighted by atomic mass is 10.2. The highest BCUT2D eigenvalue weighted by atomic mass is 16.4. The second-order valence-electron chi connectivity index (χ2n) is 3.50. The van der Waals surface area contributed by atoms with E-state index in [9.17, 15) is 14.4 Å². The number of carboxylic acid groups (broad SMARTS) is 1. The van der Waals surface area contributed by atoms with Gasteiger partial charge in [-0.1, -0.05) is 30.3 Å². The highest BCUT2D eigenvalue weighted by molar-refractivity contribution is 5.94. The Kier molecular flexibility index (Phi) is 4.87. The number of benzene rings is 1. The first-order valence-corrected chi connectivity index (χ1v) is 5.10. The molecule has 1 aromatic rings. The molecular formula is C12H13NO4. The van der Waals surface area contributed by atoms with Crippen molar-refractivity contribution in [1.82, 2.24) is 4.90 Å². The highest BCUT2D eigenvalue weighted by Gasteiger charge is 2.16. The van der Waals surface area contributed by atoms with Crippen molar-refractivity contribution in [3.8, 4) is 0 Å². The van der Waals surface area contributed by atoms with Crippen molar-refractivity contribution in [2.24, 2.45) is 0 Å². The van der Waals surface area contributed by atoms with Crippen molar-refractivity contribution in [1.29, 1.82) is 0 Å². The van der Waals surface area contributed by atoms with Crippen LogP contribution in [0.15, 0.2) is 30.3 Å². The van der Waals surface area contributed by atoms with Gasteiger partial charge in [-0.25, -0.2) is 0 Å². The van der Waals surface area contributed by atoms with Crippen molar-refractivity contribution < 1.29 is 19.5 Å². The van der Waals surface area contributed by atoms with Crippen LogP contribution in [0.5, 0.6) is 0 Å². The fourth-order valence-electron chi connectivity index (χ4n) is 1.39. The van der Waals surface area contributed by atoms with E-state index in [-0.39, 0.29) is 13.1 Å². The predicted octanol–water partition coefficient (Wildman–Crippen LogP) is 0.689. The van der Waals surface area contributed by atoms with Crippen LogP contribution in [-0.4, -0.2) is 34.7 Å². The maximum Gasteiger partial charge on any atom is 0.312 e. The molecule has 5 heteroatoms. The number of aliphatic carboxylic acids is 1. The summed E-state index contributed by atoms with van der Waals surface area (Å²) < 4.78 is 0. The zero-order valence-electron chi connectivity index (χ0n) is 9.20. The van der Waals surface area contributed by atoms with Gasteiger partial charge in [0, 0.05) is 6.54 Å². The van der Waals surface area contributed by atoms with E-state index in [2.05, 4.69) is 0 Å². The first-order chi connectivity index (χ1) is 8.13. The summed E-state index contributed by atoms with van der Waals surface area (Å²) in [7, 11) is 0. The zero-order valence-corrected chi connectivity index (χ0v) is 9.20. The van der Waals surface area contributed by atoms with Crippen LogP contribution in [0.4, 0.5) is 0 Å². The van der Waals surface area contributed by atoms with Crippen LogP contribution in [0.3, 0.4) is 0 Å². The Bertz CT molecular complexity index is 402. The Morgan fingerprint density at radius 2 is 1.88 bits per heavy atom. The first-order valence-electron chi connectivity index (χ1n) is 5.10. The largest absolute Gasteiger partial charge is 0.481 e. The van der Waals surface area contributed by atoms with Crippen molar-refractivity contribution in [3.63, 3.8) is 0 Å². The minimum atomic E-state index is -1.20. The van der Waals surface area contributed by atoms with Gasteiger partial charge in [0.1, 0.15) is 12.7 Å². The lowest BCUT2D eigenvalue weighted by Crippen LogP contribution is -2.33. The second kappa shape index (κ2) is 6.42. The Morgan fingerprint density at radius 3 is 2.41 bits per heavy atom. The summed E-state index contributed by atoms with van der Waals surface area (Å²) in [5.41, 5.74) is 0.855. The third-order valence-corrected chi connectivity index (χ3v) is 2.17. The average molecular weight is 235 g/mol. The minimum Gasteiger partial charge on any atom is -0.481 e. The molecule has 90 valence electrons. The summed E-state index contributed by atoms with van der Waals surface area (Å²) in [4.78, 5) is 33.6. The predicted molar refractivity (Wildman–Crippen MR) is 60.2 cm³/mol. The second-order valence-corrected chi connectivity index (χ2v) is 3.50. The molecule has 1 N–H and O–H groups in total. The van der Waals surface area contributed by atoms with Crippen molar-refractivity contribution in [2.75, 3.05) is 6.54 Å². The van der Waals surface area contributed by atoms with Crippen LogP contribution in [0.1, 0.15) is 12.0 Å². The molecule has 0 aliphatic carbocycles. The molecule has 0 aliphatic heterocycles. The molecule has 0 radical (unpaired) electrons. The molecule has 5 nitrogen and oxygen atoms in total. The van der Waals surface area contributed by atoms with Gasteiger partial charge in [0.15, 0.2) is 0 Å². The number of carboxylic acids is 1. The number of aldehydes is 1. The van der Waals surface area contributed by atoms with Crippen LogP contribution in [0, 0.1) is 0 Å². The lowest BCUT2D eigenvalue weighted by molar-refractivity contribution is -0.145. The summed E-state index contributed by atoms with van der Waals surface area (Å²) in [5.74, 6) is -1.76. The van der Waals surface area contributed by atoms with Gasteiger partial charge in [0.25, 0.3) is 0 Å². The smallest absolute Gasteiger partial charge is 0.312 e. The van der Waals surface area contributed by atoms with E-state index in [4.69, 9.17) is 5.11 Å². The van der Waals surface area contributed by atoms with E-state index in [1.807, 2.05) is 30.3 Å². The van der Waals surface area contributed by atoms with E-state index in [1.54, 1.807) is 0 Å². The van der Waals surface area contributed by atoms with E-state index in [0.29, 0.717) is 6.29 Å². The molecule has 1 amide bonds. The third-order valence-electron chi connectivity index (χ3n) is 2.17. The molecular weight excluding hydrogens is 222 g/mol. The van der Waals surface area contributed by atoms with Crippen LogP contribution in [-0.2, 0) is 20.9 Å². The highest BCUT2D eigenvalue weighted by Crippen LogP contribution is 2.05. The van der Waals surface area contributed by atoms with Gasteiger partial charge in [-0.2, -0.15) is 0 Å². The Labute approximate surface area is 98.7 Å². The standard InChI is InChI=1S/C12H13NO4/c14-7-6-13(11(15)8-12(16)17)9-10-4-2-1-3-5-10/h1-5,7H,6,8-9H2,(H,16,17). The van der Waals surface area contributed by atoms with Crippen LogP contribution in [0.25, 0.3) is 0 Å². The summed E-state index contributed by atoms with van der Waals surface area (Å²) in [5, 5.41) is 8.53. The first kappa shape index (κ1) is 12.9. The topological polar surface area (TPSA) is 74.7 Å². The Hall–Kier alpha value is -2.17. The van der Waals surface area contributed by atoms with Gasteiger partial charge >= 0.3 is 5.97 Å². The lowest BCUT2D eigenvalue weighted by Gasteiger charge is -2.19. The summed E-state index contributed by atoms with van der Waals surface area (Å²) in [6.45, 7) is 0.146. The van der Waals surface area contributed by atoms with Crippen LogP contribution < -0.4 is 0 Å². The third kappa shape index (κ3) is 4.46. The zero-order chi connectivity index (χ0) is 12.7. The number of hydrogen-bond donors (Lipinski definition) is 1. The van der Waals surface area contributed by atoms with E-state index >= 15 is 0 Å². The fourth-order valence-corrected chi connectivity index (χ4v) is 1.39. The van der Waals surface area contributed by atoms with Gasteiger partial charge in [-0.05, 0) is 5.56 Å². The number of amides is 1. The summed E-state index contributed by atoms with van der Waals surface area (Å²) in [6, 6.07) is 9.09. The molecule has 0 aromatic heterocycles. The van der Waals surface area contributed by atoms with Crippen molar-refractivity contribution >= 4 is 18.2 Å². The quantitative estimate of drug-likeness (QED) is 0.581. The Balaban J connectivity index is 2.69. The fraction of sp³-hybridized carbons (Fsp3) is 0.250. The maximum atomic E-state index is 11.5. The molecule has 0 spiro atoms. The van der Waals surface area contributed by atoms with Gasteiger partial charge in [0.2, 0.25) is 5.91 Å². The molecule has 0 aliphatic rings. The molecule has 0 saturated carbocycles. The van der Waals surface area contributed by atoms with Gasteiger partial charge in [-0.3, -0.25) is 9.59 Å². The van der Waals surface area contributed by atoms with Gasteiger partial charge < -0.3 is 14.8 Å². The van der Waals surface area contributed by atoms with Gasteiger partial charge in [0.05, 0.1) is 6.54 Å². The Morgan fingerprint density at radius 1 is 1.24 bits per heavy atom. The molecule has 0 heterocycles. The number of nitrogens with zero attached hydrogens (tertiary/aromatic N) is 1. The normalized spacial score (nSPS) is 9.65. The van der Waals surface area contributed by atoms with Crippen molar-refractivity contribution in [3.05, 3.63) is 35.9 Å². The summed E-state index contributed by atoms with van der Waals surface area (Å²) >= 11 is 0.